The van der Waals surface area contributed by atoms with Crippen LogP contribution in [0.1, 0.15) is 38.5 Å². The van der Waals surface area contributed by atoms with Gasteiger partial charge in [0, 0.05) is 23.3 Å². The van der Waals surface area contributed by atoms with Crippen molar-refractivity contribution in [1.82, 2.24) is 0 Å². The molecule has 0 fully saturated rings. The molecular formula is C32H30F4O2. The molecule has 2 nitrogen and oxygen atoms in total. The maximum absolute atomic E-state index is 14.4. The SMILES string of the molecule is Fc1ccc(-c2ccc(OCCCCCCCCOc3ccc(-c4ccc(F)cc4)c(F)c3)cc2F)cc1. The van der Waals surface area contributed by atoms with Gasteiger partial charge in [0.1, 0.15) is 34.8 Å². The van der Waals surface area contributed by atoms with Gasteiger partial charge in [0.25, 0.3) is 0 Å². The molecule has 0 N–H and O–H groups in total. The third kappa shape index (κ3) is 7.85. The Morgan fingerprint density at radius 3 is 1.16 bits per heavy atom. The van der Waals surface area contributed by atoms with Crippen LogP contribution >= 0.6 is 0 Å². The number of ether oxygens (including phenoxy) is 2. The van der Waals surface area contributed by atoms with E-state index in [1.807, 2.05) is 0 Å². The van der Waals surface area contributed by atoms with Gasteiger partial charge < -0.3 is 9.47 Å². The van der Waals surface area contributed by atoms with Gasteiger partial charge in [-0.05, 0) is 72.5 Å². The molecule has 0 saturated heterocycles. The molecule has 0 bridgehead atoms. The Labute approximate surface area is 220 Å². The van der Waals surface area contributed by atoms with Crippen LogP contribution in [0.3, 0.4) is 0 Å². The van der Waals surface area contributed by atoms with Crippen molar-refractivity contribution in [2.24, 2.45) is 0 Å². The molecule has 0 unspecified atom stereocenters. The minimum absolute atomic E-state index is 0.356. The molecule has 38 heavy (non-hydrogen) atoms. The number of hydrogen-bond acceptors (Lipinski definition) is 2. The predicted octanol–water partition coefficient (Wildman–Crippen LogP) is 9.38. The number of rotatable bonds is 13. The van der Waals surface area contributed by atoms with Crippen molar-refractivity contribution in [1.29, 1.82) is 0 Å². The molecule has 0 radical (unpaired) electrons. The van der Waals surface area contributed by atoms with Crippen LogP contribution in [0.15, 0.2) is 84.9 Å². The van der Waals surface area contributed by atoms with Gasteiger partial charge in [-0.15, -0.1) is 0 Å². The van der Waals surface area contributed by atoms with Crippen molar-refractivity contribution in [2.45, 2.75) is 38.5 Å². The van der Waals surface area contributed by atoms with Crippen molar-refractivity contribution < 1.29 is 27.0 Å². The van der Waals surface area contributed by atoms with E-state index in [0.717, 1.165) is 38.5 Å². The highest BCUT2D eigenvalue weighted by Gasteiger charge is 2.08. The van der Waals surface area contributed by atoms with Crippen molar-refractivity contribution in [3.63, 3.8) is 0 Å². The van der Waals surface area contributed by atoms with E-state index < -0.39 is 11.6 Å². The number of unbranched alkanes of at least 4 members (excludes halogenated alkanes) is 5. The smallest absolute Gasteiger partial charge is 0.134 e. The molecule has 0 aliphatic heterocycles. The lowest BCUT2D eigenvalue weighted by Gasteiger charge is -2.10. The molecule has 4 aromatic carbocycles. The molecule has 0 aliphatic rings. The molecule has 0 saturated carbocycles. The first-order chi connectivity index (χ1) is 18.5. The fourth-order valence-corrected chi connectivity index (χ4v) is 4.19. The average Bonchev–Trinajstić information content (AvgIpc) is 2.91. The highest BCUT2D eigenvalue weighted by molar-refractivity contribution is 5.65. The van der Waals surface area contributed by atoms with Crippen molar-refractivity contribution in [2.75, 3.05) is 13.2 Å². The Hall–Kier alpha value is -3.80. The topological polar surface area (TPSA) is 18.5 Å². The summed E-state index contributed by atoms with van der Waals surface area (Å²) >= 11 is 0. The molecule has 4 rings (SSSR count). The number of hydrogen-bond donors (Lipinski definition) is 0. The van der Waals surface area contributed by atoms with Gasteiger partial charge in [0.15, 0.2) is 0 Å². The minimum atomic E-state index is -0.400. The Kier molecular flexibility index (Phi) is 9.79. The number of halogens is 4. The summed E-state index contributed by atoms with van der Waals surface area (Å²) in [6.45, 7) is 1.02. The average molecular weight is 523 g/mol. The second kappa shape index (κ2) is 13.7. The van der Waals surface area contributed by atoms with E-state index in [9.17, 15) is 17.6 Å². The van der Waals surface area contributed by atoms with Crippen LogP contribution < -0.4 is 9.47 Å². The Morgan fingerprint density at radius 1 is 0.421 bits per heavy atom. The molecule has 0 aromatic heterocycles. The zero-order valence-electron chi connectivity index (χ0n) is 21.1. The molecular weight excluding hydrogens is 492 g/mol. The highest BCUT2D eigenvalue weighted by Crippen LogP contribution is 2.28. The summed E-state index contributed by atoms with van der Waals surface area (Å²) in [5, 5.41) is 0. The summed E-state index contributed by atoms with van der Waals surface area (Å²) < 4.78 is 66.4. The van der Waals surface area contributed by atoms with Crippen LogP contribution in [0.2, 0.25) is 0 Å². The first-order valence-electron chi connectivity index (χ1n) is 12.9. The van der Waals surface area contributed by atoms with Gasteiger partial charge in [0.05, 0.1) is 13.2 Å². The van der Waals surface area contributed by atoms with E-state index >= 15 is 0 Å². The Morgan fingerprint density at radius 2 is 0.789 bits per heavy atom. The van der Waals surface area contributed by atoms with Crippen molar-refractivity contribution in [3.05, 3.63) is 108 Å². The fourth-order valence-electron chi connectivity index (χ4n) is 4.19. The summed E-state index contributed by atoms with van der Waals surface area (Å²) in [4.78, 5) is 0. The van der Waals surface area contributed by atoms with E-state index in [1.165, 1.54) is 36.4 Å². The summed E-state index contributed by atoms with van der Waals surface area (Å²) in [7, 11) is 0. The second-order valence-corrected chi connectivity index (χ2v) is 9.12. The monoisotopic (exact) mass is 522 g/mol. The molecule has 0 amide bonds. The van der Waals surface area contributed by atoms with E-state index in [4.69, 9.17) is 9.47 Å². The molecule has 0 atom stereocenters. The van der Waals surface area contributed by atoms with Crippen LogP contribution in [0.5, 0.6) is 11.5 Å². The first kappa shape index (κ1) is 27.2. The Balaban J connectivity index is 1.07. The van der Waals surface area contributed by atoms with Crippen molar-refractivity contribution >= 4 is 0 Å². The Bertz CT molecular complexity index is 1200. The third-order valence-corrected chi connectivity index (χ3v) is 6.27. The molecule has 6 heteroatoms. The lowest BCUT2D eigenvalue weighted by atomic mass is 10.1. The molecule has 4 aromatic rings. The minimum Gasteiger partial charge on any atom is -0.493 e. The quantitative estimate of drug-likeness (QED) is 0.129. The number of benzene rings is 4. The van der Waals surface area contributed by atoms with Gasteiger partial charge >= 0.3 is 0 Å². The highest BCUT2D eigenvalue weighted by atomic mass is 19.1. The predicted molar refractivity (Wildman–Crippen MR) is 142 cm³/mol. The lowest BCUT2D eigenvalue weighted by Crippen LogP contribution is -1.99. The largest absolute Gasteiger partial charge is 0.493 e. The third-order valence-electron chi connectivity index (χ3n) is 6.27. The molecule has 0 heterocycles. The summed E-state index contributed by atoms with van der Waals surface area (Å²) in [5.74, 6) is -0.554. The zero-order chi connectivity index (χ0) is 26.7. The van der Waals surface area contributed by atoms with Crippen molar-refractivity contribution in [3.8, 4) is 33.8 Å². The van der Waals surface area contributed by atoms with E-state index in [1.54, 1.807) is 48.5 Å². The molecule has 0 spiro atoms. The van der Waals surface area contributed by atoms with E-state index in [0.29, 0.717) is 47.0 Å². The molecule has 0 aliphatic carbocycles. The van der Waals surface area contributed by atoms with Gasteiger partial charge in [-0.1, -0.05) is 49.9 Å². The van der Waals surface area contributed by atoms with Crippen LogP contribution in [0.4, 0.5) is 17.6 Å². The van der Waals surface area contributed by atoms with Crippen LogP contribution in [0.25, 0.3) is 22.3 Å². The summed E-state index contributed by atoms with van der Waals surface area (Å²) in [5.41, 5.74) is 2.06. The standard InChI is InChI=1S/C32H30F4O2/c33-25-11-7-23(8-12-25)29-17-15-27(21-31(29)35)37-19-5-3-1-2-4-6-20-38-28-16-18-30(32(36)22-28)24-9-13-26(34)14-10-24/h7-18,21-22H,1-6,19-20H2. The van der Waals surface area contributed by atoms with Gasteiger partial charge in [0.2, 0.25) is 0 Å². The maximum atomic E-state index is 14.4. The van der Waals surface area contributed by atoms with Crippen LogP contribution in [0, 0.1) is 23.3 Å². The lowest BCUT2D eigenvalue weighted by molar-refractivity contribution is 0.295. The van der Waals surface area contributed by atoms with Gasteiger partial charge in [-0.3, -0.25) is 0 Å². The fraction of sp³-hybridized carbons (Fsp3) is 0.250. The van der Waals surface area contributed by atoms with Crippen LogP contribution in [-0.2, 0) is 0 Å². The van der Waals surface area contributed by atoms with E-state index in [-0.39, 0.29) is 11.6 Å². The normalized spacial score (nSPS) is 10.9. The van der Waals surface area contributed by atoms with Gasteiger partial charge in [-0.25, -0.2) is 17.6 Å². The second-order valence-electron chi connectivity index (χ2n) is 9.12. The maximum Gasteiger partial charge on any atom is 0.134 e. The summed E-state index contributed by atoms with van der Waals surface area (Å²) in [6.07, 6.45) is 5.87. The van der Waals surface area contributed by atoms with Crippen LogP contribution in [-0.4, -0.2) is 13.2 Å². The molecule has 198 valence electrons. The summed E-state index contributed by atoms with van der Waals surface area (Å²) in [6, 6.07) is 20.9. The van der Waals surface area contributed by atoms with E-state index in [2.05, 4.69) is 0 Å². The van der Waals surface area contributed by atoms with Gasteiger partial charge in [-0.2, -0.15) is 0 Å². The first-order valence-corrected chi connectivity index (χ1v) is 12.9. The zero-order valence-corrected chi connectivity index (χ0v) is 21.1.